The van der Waals surface area contributed by atoms with Crippen LogP contribution < -0.4 is 16.0 Å². The number of imidazole rings is 1. The topological polar surface area (TPSA) is 133 Å². The number of hydrogen-bond donors (Lipinski definition) is 3. The SMILES string of the molecule is CCCC(CC)NCCCNCCn1nnc(CNc2nc(Cl)nc3c2ncn3C2CCCCO2)n1. The number of halogens is 1. The molecule has 1 fully saturated rings. The molecule has 1 aliphatic heterocycles. The summed E-state index contributed by atoms with van der Waals surface area (Å²) in [5.74, 6) is 1.11. The van der Waals surface area contributed by atoms with Crippen molar-refractivity contribution in [2.75, 3.05) is 31.6 Å². The molecule has 4 rings (SSSR count). The van der Waals surface area contributed by atoms with Gasteiger partial charge in [0.15, 0.2) is 22.8 Å². The van der Waals surface area contributed by atoms with Crippen molar-refractivity contribution >= 4 is 28.6 Å². The van der Waals surface area contributed by atoms with Crippen LogP contribution in [0.3, 0.4) is 0 Å². The van der Waals surface area contributed by atoms with Crippen LogP contribution in [0.5, 0.6) is 0 Å². The summed E-state index contributed by atoms with van der Waals surface area (Å²) in [7, 11) is 0. The number of tetrazole rings is 1. The van der Waals surface area contributed by atoms with E-state index in [1.807, 2.05) is 4.57 Å². The van der Waals surface area contributed by atoms with Crippen LogP contribution >= 0.6 is 11.6 Å². The third kappa shape index (κ3) is 7.31. The quantitative estimate of drug-likeness (QED) is 0.203. The monoisotopic (exact) mass is 519 g/mol. The van der Waals surface area contributed by atoms with Gasteiger partial charge in [0.25, 0.3) is 0 Å². The summed E-state index contributed by atoms with van der Waals surface area (Å²) in [5.41, 5.74) is 1.29. The number of anilines is 1. The Kier molecular flexibility index (Phi) is 10.2. The average molecular weight is 520 g/mol. The molecule has 12 nitrogen and oxygen atoms in total. The Morgan fingerprint density at radius 3 is 2.92 bits per heavy atom. The third-order valence-electron chi connectivity index (χ3n) is 6.35. The normalized spacial score (nSPS) is 17.0. The molecule has 2 atom stereocenters. The number of rotatable bonds is 15. The first-order chi connectivity index (χ1) is 17.7. The van der Waals surface area contributed by atoms with Crippen molar-refractivity contribution in [2.45, 2.75) is 84.2 Å². The molecule has 0 radical (unpaired) electrons. The van der Waals surface area contributed by atoms with Crippen LogP contribution in [0.2, 0.25) is 5.28 Å². The van der Waals surface area contributed by atoms with E-state index in [2.05, 4.69) is 60.2 Å². The van der Waals surface area contributed by atoms with Gasteiger partial charge in [0, 0.05) is 19.2 Å². The first kappa shape index (κ1) is 26.6. The maximum absolute atomic E-state index is 6.21. The van der Waals surface area contributed by atoms with Gasteiger partial charge in [-0.15, -0.1) is 10.2 Å². The second kappa shape index (κ2) is 13.8. The zero-order chi connectivity index (χ0) is 25.2. The van der Waals surface area contributed by atoms with E-state index >= 15 is 0 Å². The zero-order valence-electron chi connectivity index (χ0n) is 21.3. The fourth-order valence-electron chi connectivity index (χ4n) is 4.39. The minimum atomic E-state index is -0.0803. The number of nitrogens with one attached hydrogen (secondary N) is 3. The molecule has 1 saturated heterocycles. The molecule has 3 N–H and O–H groups in total. The highest BCUT2D eigenvalue weighted by molar-refractivity contribution is 6.28. The van der Waals surface area contributed by atoms with Crippen LogP contribution in [0.15, 0.2) is 6.33 Å². The van der Waals surface area contributed by atoms with E-state index in [9.17, 15) is 0 Å². The molecule has 198 valence electrons. The predicted octanol–water partition coefficient (Wildman–Crippen LogP) is 2.93. The minimum Gasteiger partial charge on any atom is -0.361 e. The van der Waals surface area contributed by atoms with Gasteiger partial charge in [-0.25, -0.2) is 4.98 Å². The third-order valence-corrected chi connectivity index (χ3v) is 6.52. The van der Waals surface area contributed by atoms with E-state index < -0.39 is 0 Å². The van der Waals surface area contributed by atoms with E-state index in [1.165, 1.54) is 19.3 Å². The first-order valence-corrected chi connectivity index (χ1v) is 13.5. The molecule has 0 saturated carbocycles. The van der Waals surface area contributed by atoms with Gasteiger partial charge in [0.1, 0.15) is 6.23 Å². The fourth-order valence-corrected chi connectivity index (χ4v) is 4.56. The van der Waals surface area contributed by atoms with Gasteiger partial charge < -0.3 is 20.7 Å². The van der Waals surface area contributed by atoms with Crippen LogP contribution in [0.25, 0.3) is 11.2 Å². The molecule has 13 heteroatoms. The van der Waals surface area contributed by atoms with Crippen LogP contribution in [-0.4, -0.2) is 72.0 Å². The van der Waals surface area contributed by atoms with Gasteiger partial charge in [-0.2, -0.15) is 14.8 Å². The van der Waals surface area contributed by atoms with E-state index in [0.29, 0.717) is 41.9 Å². The highest BCUT2D eigenvalue weighted by atomic mass is 35.5. The van der Waals surface area contributed by atoms with Crippen molar-refractivity contribution in [1.29, 1.82) is 0 Å². The average Bonchev–Trinajstić information content (AvgIpc) is 3.53. The maximum Gasteiger partial charge on any atom is 0.226 e. The predicted molar refractivity (Wildman–Crippen MR) is 139 cm³/mol. The smallest absolute Gasteiger partial charge is 0.226 e. The van der Waals surface area contributed by atoms with Crippen LogP contribution in [0.1, 0.15) is 70.8 Å². The Bertz CT molecular complexity index is 1070. The van der Waals surface area contributed by atoms with Gasteiger partial charge in [0.05, 0.1) is 19.4 Å². The molecule has 4 heterocycles. The molecule has 0 aromatic carbocycles. The van der Waals surface area contributed by atoms with Crippen molar-refractivity contribution in [3.05, 3.63) is 17.4 Å². The van der Waals surface area contributed by atoms with Crippen LogP contribution in [0, 0.1) is 0 Å². The van der Waals surface area contributed by atoms with Gasteiger partial charge >= 0.3 is 0 Å². The van der Waals surface area contributed by atoms with Crippen molar-refractivity contribution in [3.8, 4) is 0 Å². The molecule has 2 unspecified atom stereocenters. The van der Waals surface area contributed by atoms with Crippen molar-refractivity contribution < 1.29 is 4.74 Å². The highest BCUT2D eigenvalue weighted by Gasteiger charge is 2.21. The summed E-state index contributed by atoms with van der Waals surface area (Å²) in [5, 5.41) is 23.2. The Morgan fingerprint density at radius 2 is 2.11 bits per heavy atom. The van der Waals surface area contributed by atoms with E-state index in [0.717, 1.165) is 51.9 Å². The van der Waals surface area contributed by atoms with Gasteiger partial charge in [0.2, 0.25) is 5.28 Å². The maximum atomic E-state index is 6.21. The molecule has 3 aromatic heterocycles. The van der Waals surface area contributed by atoms with Crippen molar-refractivity contribution in [2.24, 2.45) is 0 Å². The molecular weight excluding hydrogens is 482 g/mol. The molecule has 0 amide bonds. The van der Waals surface area contributed by atoms with E-state index in [-0.39, 0.29) is 11.5 Å². The molecular formula is C23H38ClN11O. The summed E-state index contributed by atoms with van der Waals surface area (Å²) in [4.78, 5) is 14.8. The number of hydrogen-bond acceptors (Lipinski definition) is 10. The minimum absolute atomic E-state index is 0.0803. The summed E-state index contributed by atoms with van der Waals surface area (Å²) in [6, 6.07) is 0.637. The second-order valence-corrected chi connectivity index (χ2v) is 9.43. The summed E-state index contributed by atoms with van der Waals surface area (Å²) < 4.78 is 7.81. The lowest BCUT2D eigenvalue weighted by atomic mass is 10.1. The molecule has 0 spiro atoms. The molecule has 0 aliphatic carbocycles. The summed E-state index contributed by atoms with van der Waals surface area (Å²) in [6.45, 7) is 9.01. The molecule has 0 bridgehead atoms. The summed E-state index contributed by atoms with van der Waals surface area (Å²) in [6.07, 6.45) is 9.52. The number of nitrogens with zero attached hydrogens (tertiary/aromatic N) is 8. The number of ether oxygens (including phenoxy) is 1. The van der Waals surface area contributed by atoms with Gasteiger partial charge in [-0.1, -0.05) is 20.3 Å². The van der Waals surface area contributed by atoms with Gasteiger partial charge in [-0.05, 0) is 68.4 Å². The van der Waals surface area contributed by atoms with Crippen LogP contribution in [0.4, 0.5) is 5.82 Å². The first-order valence-electron chi connectivity index (χ1n) is 13.1. The lowest BCUT2D eigenvalue weighted by Gasteiger charge is -2.23. The number of fused-ring (bicyclic) bond motifs is 1. The van der Waals surface area contributed by atoms with Crippen molar-refractivity contribution in [1.82, 2.24) is 50.4 Å². The number of aromatic nitrogens is 8. The second-order valence-electron chi connectivity index (χ2n) is 9.09. The van der Waals surface area contributed by atoms with E-state index in [1.54, 1.807) is 11.1 Å². The lowest BCUT2D eigenvalue weighted by molar-refractivity contribution is -0.0298. The Labute approximate surface area is 216 Å². The van der Waals surface area contributed by atoms with Gasteiger partial charge in [-0.3, -0.25) is 4.57 Å². The van der Waals surface area contributed by atoms with Crippen LogP contribution in [-0.2, 0) is 17.8 Å². The largest absolute Gasteiger partial charge is 0.361 e. The van der Waals surface area contributed by atoms with Crippen molar-refractivity contribution in [3.63, 3.8) is 0 Å². The highest BCUT2D eigenvalue weighted by Crippen LogP contribution is 2.28. The molecule has 3 aromatic rings. The van der Waals surface area contributed by atoms with E-state index in [4.69, 9.17) is 16.3 Å². The summed E-state index contributed by atoms with van der Waals surface area (Å²) >= 11 is 6.21. The molecule has 1 aliphatic rings. The Hall–Kier alpha value is -2.41. The Balaban J connectivity index is 1.22. The Morgan fingerprint density at radius 1 is 1.19 bits per heavy atom. The fraction of sp³-hybridized carbons (Fsp3) is 0.739. The standard InChI is InChI=1S/C23H38ClN11O/c1-3-8-17(4-2)26-11-7-10-25-12-13-35-32-18(31-33-35)15-27-21-20-22(30-23(24)29-21)34(16-28-20)19-9-5-6-14-36-19/h16-17,19,25-26H,3-15H2,1-2H3,(H,27,29,30). The lowest BCUT2D eigenvalue weighted by Crippen LogP contribution is -2.31. The molecule has 36 heavy (non-hydrogen) atoms. The zero-order valence-corrected chi connectivity index (χ0v) is 22.0.